The molecule has 3 rings (SSSR count). The summed E-state index contributed by atoms with van der Waals surface area (Å²) in [5, 5.41) is 0. The number of halogens is 3. The molecule has 0 aliphatic heterocycles. The zero-order valence-electron chi connectivity index (χ0n) is 11.8. The quantitative estimate of drug-likeness (QED) is 0.773. The molecule has 0 fully saturated rings. The highest BCUT2D eigenvalue weighted by molar-refractivity contribution is 5.76. The first kappa shape index (κ1) is 15.0. The fourth-order valence-corrected chi connectivity index (χ4v) is 2.15. The van der Waals surface area contributed by atoms with E-state index in [1.54, 1.807) is 24.3 Å². The van der Waals surface area contributed by atoms with Gasteiger partial charge in [-0.05, 0) is 35.9 Å². The molecular weight excluding hydrogens is 305 g/mol. The maximum atomic E-state index is 12.7. The summed E-state index contributed by atoms with van der Waals surface area (Å²) < 4.78 is 38.0. The van der Waals surface area contributed by atoms with Gasteiger partial charge < -0.3 is 4.98 Å². The Kier molecular flexibility index (Phi) is 3.73. The van der Waals surface area contributed by atoms with Gasteiger partial charge in [-0.25, -0.2) is 4.98 Å². The van der Waals surface area contributed by atoms with E-state index in [9.17, 15) is 18.0 Å². The number of alkyl halides is 3. The standard InChI is InChI=1S/C17H11F3N2O/c18-17(19,20)12-5-3-4-11(10-12)8-9-15-16(23)22-14-7-2-1-6-13(14)21-15/h1-10H,(H,22,23)/b9-8+. The number of hydrogen-bond donors (Lipinski definition) is 1. The second-order valence-electron chi connectivity index (χ2n) is 4.92. The number of nitrogens with one attached hydrogen (secondary N) is 1. The molecule has 0 bridgehead atoms. The van der Waals surface area contributed by atoms with Crippen LogP contribution in [-0.2, 0) is 6.18 Å². The molecule has 3 aromatic rings. The summed E-state index contributed by atoms with van der Waals surface area (Å²) in [4.78, 5) is 18.8. The minimum atomic E-state index is -4.40. The number of nitrogens with zero attached hydrogens (tertiary/aromatic N) is 1. The molecule has 0 aliphatic carbocycles. The number of fused-ring (bicyclic) bond motifs is 1. The van der Waals surface area contributed by atoms with E-state index >= 15 is 0 Å². The molecular formula is C17H11F3N2O. The van der Waals surface area contributed by atoms with Gasteiger partial charge in [0.25, 0.3) is 5.56 Å². The van der Waals surface area contributed by atoms with E-state index < -0.39 is 17.3 Å². The Hall–Kier alpha value is -2.89. The Morgan fingerprint density at radius 3 is 2.57 bits per heavy atom. The highest BCUT2D eigenvalue weighted by Crippen LogP contribution is 2.29. The van der Waals surface area contributed by atoms with Gasteiger partial charge in [-0.3, -0.25) is 4.79 Å². The van der Waals surface area contributed by atoms with Gasteiger partial charge in [0.2, 0.25) is 0 Å². The smallest absolute Gasteiger partial charge is 0.319 e. The first-order valence-electron chi connectivity index (χ1n) is 6.78. The third-order valence-corrected chi connectivity index (χ3v) is 3.27. The van der Waals surface area contributed by atoms with Crippen LogP contribution < -0.4 is 5.56 Å². The minimum absolute atomic E-state index is 0.140. The molecule has 0 spiro atoms. The molecule has 1 heterocycles. The summed E-state index contributed by atoms with van der Waals surface area (Å²) in [5.74, 6) is 0. The van der Waals surface area contributed by atoms with Gasteiger partial charge in [0.15, 0.2) is 0 Å². The number of H-pyrrole nitrogens is 1. The highest BCUT2D eigenvalue weighted by Gasteiger charge is 2.30. The summed E-state index contributed by atoms with van der Waals surface area (Å²) in [5.41, 5.74) is 0.562. The first-order chi connectivity index (χ1) is 10.9. The van der Waals surface area contributed by atoms with E-state index in [0.29, 0.717) is 16.6 Å². The molecule has 3 nitrogen and oxygen atoms in total. The SMILES string of the molecule is O=c1[nH]c2ccccc2nc1/C=C/c1cccc(C(F)(F)F)c1. The third kappa shape index (κ3) is 3.31. The van der Waals surface area contributed by atoms with Crippen LogP contribution in [0.2, 0.25) is 0 Å². The second-order valence-corrected chi connectivity index (χ2v) is 4.92. The van der Waals surface area contributed by atoms with Gasteiger partial charge in [-0.15, -0.1) is 0 Å². The van der Waals surface area contributed by atoms with E-state index in [1.165, 1.54) is 24.3 Å². The van der Waals surface area contributed by atoms with Crippen molar-refractivity contribution in [1.29, 1.82) is 0 Å². The van der Waals surface area contributed by atoms with Crippen molar-refractivity contribution in [2.45, 2.75) is 6.18 Å². The molecule has 2 aromatic carbocycles. The zero-order chi connectivity index (χ0) is 16.4. The van der Waals surface area contributed by atoms with Crippen LogP contribution >= 0.6 is 0 Å². The molecule has 0 atom stereocenters. The molecule has 1 N–H and O–H groups in total. The van der Waals surface area contributed by atoms with Crippen molar-refractivity contribution in [2.24, 2.45) is 0 Å². The van der Waals surface area contributed by atoms with Crippen LogP contribution in [0.25, 0.3) is 23.2 Å². The summed E-state index contributed by atoms with van der Waals surface area (Å²) in [7, 11) is 0. The number of benzene rings is 2. The molecule has 0 unspecified atom stereocenters. The lowest BCUT2D eigenvalue weighted by Gasteiger charge is -2.06. The Morgan fingerprint density at radius 1 is 1.00 bits per heavy atom. The van der Waals surface area contributed by atoms with E-state index in [0.717, 1.165) is 12.1 Å². The van der Waals surface area contributed by atoms with Crippen molar-refractivity contribution in [3.8, 4) is 0 Å². The van der Waals surface area contributed by atoms with Crippen molar-refractivity contribution in [3.63, 3.8) is 0 Å². The largest absolute Gasteiger partial charge is 0.416 e. The van der Waals surface area contributed by atoms with Gasteiger partial charge in [0.1, 0.15) is 5.69 Å². The van der Waals surface area contributed by atoms with Crippen LogP contribution in [0.3, 0.4) is 0 Å². The molecule has 0 aliphatic rings. The van der Waals surface area contributed by atoms with Gasteiger partial charge in [-0.2, -0.15) is 13.2 Å². The highest BCUT2D eigenvalue weighted by atomic mass is 19.4. The molecule has 0 amide bonds. The Morgan fingerprint density at radius 2 is 1.78 bits per heavy atom. The number of aromatic amines is 1. The minimum Gasteiger partial charge on any atom is -0.319 e. The average Bonchev–Trinajstić information content (AvgIpc) is 2.52. The summed E-state index contributed by atoms with van der Waals surface area (Å²) in [6.07, 6.45) is -1.56. The summed E-state index contributed by atoms with van der Waals surface area (Å²) in [6.45, 7) is 0. The maximum Gasteiger partial charge on any atom is 0.416 e. The zero-order valence-corrected chi connectivity index (χ0v) is 11.8. The van der Waals surface area contributed by atoms with Gasteiger partial charge in [0, 0.05) is 0 Å². The second kappa shape index (κ2) is 5.72. The third-order valence-electron chi connectivity index (χ3n) is 3.27. The van der Waals surface area contributed by atoms with Crippen LogP contribution in [0.1, 0.15) is 16.8 Å². The fraction of sp³-hybridized carbons (Fsp3) is 0.0588. The van der Waals surface area contributed by atoms with Crippen LogP contribution in [0.4, 0.5) is 13.2 Å². The molecule has 0 saturated carbocycles. The lowest BCUT2D eigenvalue weighted by atomic mass is 10.1. The van der Waals surface area contributed by atoms with Gasteiger partial charge >= 0.3 is 6.18 Å². The molecule has 23 heavy (non-hydrogen) atoms. The van der Waals surface area contributed by atoms with Gasteiger partial charge in [-0.1, -0.05) is 30.3 Å². The first-order valence-corrected chi connectivity index (χ1v) is 6.78. The normalized spacial score (nSPS) is 12.1. The van der Waals surface area contributed by atoms with E-state index in [2.05, 4.69) is 9.97 Å². The topological polar surface area (TPSA) is 45.8 Å². The fourth-order valence-electron chi connectivity index (χ4n) is 2.15. The van der Waals surface area contributed by atoms with E-state index in [-0.39, 0.29) is 5.69 Å². The van der Waals surface area contributed by atoms with Crippen molar-refractivity contribution < 1.29 is 13.2 Å². The number of rotatable bonds is 2. The maximum absolute atomic E-state index is 12.7. The molecule has 6 heteroatoms. The predicted molar refractivity (Wildman–Crippen MR) is 82.7 cm³/mol. The average molecular weight is 316 g/mol. The van der Waals surface area contributed by atoms with Crippen LogP contribution in [0, 0.1) is 0 Å². The predicted octanol–water partition coefficient (Wildman–Crippen LogP) is 4.11. The Bertz CT molecular complexity index is 942. The van der Waals surface area contributed by atoms with Crippen LogP contribution in [0.15, 0.2) is 53.3 Å². The van der Waals surface area contributed by atoms with Crippen molar-refractivity contribution in [2.75, 3.05) is 0 Å². The van der Waals surface area contributed by atoms with Crippen molar-refractivity contribution >= 4 is 23.2 Å². The monoisotopic (exact) mass is 316 g/mol. The lowest BCUT2D eigenvalue weighted by Crippen LogP contribution is -2.11. The van der Waals surface area contributed by atoms with Crippen LogP contribution in [-0.4, -0.2) is 9.97 Å². The van der Waals surface area contributed by atoms with E-state index in [4.69, 9.17) is 0 Å². The number of aromatic nitrogens is 2. The van der Waals surface area contributed by atoms with Crippen molar-refractivity contribution in [1.82, 2.24) is 9.97 Å². The summed E-state index contributed by atoms with van der Waals surface area (Å²) >= 11 is 0. The van der Waals surface area contributed by atoms with Crippen LogP contribution in [0.5, 0.6) is 0 Å². The Labute approximate surface area is 129 Å². The number of para-hydroxylation sites is 2. The summed E-state index contributed by atoms with van der Waals surface area (Å²) in [6, 6.07) is 11.9. The molecule has 116 valence electrons. The number of hydrogen-bond acceptors (Lipinski definition) is 2. The van der Waals surface area contributed by atoms with Crippen molar-refractivity contribution in [3.05, 3.63) is 75.7 Å². The van der Waals surface area contributed by atoms with Gasteiger partial charge in [0.05, 0.1) is 16.6 Å². The lowest BCUT2D eigenvalue weighted by molar-refractivity contribution is -0.137. The van der Waals surface area contributed by atoms with E-state index in [1.807, 2.05) is 0 Å². The molecule has 0 saturated heterocycles. The molecule has 0 radical (unpaired) electrons. The Balaban J connectivity index is 1.97. The molecule has 1 aromatic heterocycles.